The minimum absolute atomic E-state index is 0.00713. The summed E-state index contributed by atoms with van der Waals surface area (Å²) in [6.45, 7) is 2.36. The summed E-state index contributed by atoms with van der Waals surface area (Å²) >= 11 is 0. The van der Waals surface area contributed by atoms with E-state index in [1.54, 1.807) is 19.2 Å². The lowest BCUT2D eigenvalue weighted by Gasteiger charge is -2.14. The number of rotatable bonds is 6. The van der Waals surface area contributed by atoms with Crippen molar-refractivity contribution in [3.63, 3.8) is 0 Å². The highest BCUT2D eigenvalue weighted by atomic mass is 16.6. The lowest BCUT2D eigenvalue weighted by atomic mass is 10.2. The van der Waals surface area contributed by atoms with Crippen molar-refractivity contribution in [3.05, 3.63) is 28.3 Å². The van der Waals surface area contributed by atoms with Gasteiger partial charge in [-0.15, -0.1) is 0 Å². The van der Waals surface area contributed by atoms with Crippen molar-refractivity contribution in [1.82, 2.24) is 0 Å². The van der Waals surface area contributed by atoms with E-state index >= 15 is 0 Å². The lowest BCUT2D eigenvalue weighted by molar-refractivity contribution is -0.384. The van der Waals surface area contributed by atoms with Gasteiger partial charge in [-0.25, -0.2) is 0 Å². The summed E-state index contributed by atoms with van der Waals surface area (Å²) in [5.74, 6) is 0.460. The topological polar surface area (TPSA) is 73.6 Å². The second-order valence-electron chi connectivity index (χ2n) is 3.64. The van der Waals surface area contributed by atoms with Crippen LogP contribution in [0.4, 0.5) is 11.4 Å². The molecule has 0 aliphatic carbocycles. The Hall–Kier alpha value is -1.82. The molecule has 1 atom stereocenters. The average Bonchev–Trinajstić information content (AvgIpc) is 2.29. The average molecular weight is 240 g/mol. The number of nitro benzene ring substituents is 1. The Labute approximate surface area is 99.7 Å². The SMILES string of the molecule is COCC(C)Nc1ccc(OC)cc1[N+](=O)[O-]. The van der Waals surface area contributed by atoms with Crippen molar-refractivity contribution >= 4 is 11.4 Å². The van der Waals surface area contributed by atoms with E-state index in [1.165, 1.54) is 13.2 Å². The third-order valence-corrected chi connectivity index (χ3v) is 2.22. The molecule has 0 spiro atoms. The summed E-state index contributed by atoms with van der Waals surface area (Å²) in [5, 5.41) is 13.9. The third-order valence-electron chi connectivity index (χ3n) is 2.22. The van der Waals surface area contributed by atoms with Gasteiger partial charge in [-0.1, -0.05) is 0 Å². The van der Waals surface area contributed by atoms with E-state index in [-0.39, 0.29) is 11.7 Å². The summed E-state index contributed by atoms with van der Waals surface area (Å²) in [6.07, 6.45) is 0. The maximum atomic E-state index is 10.9. The first-order valence-electron chi connectivity index (χ1n) is 5.16. The number of anilines is 1. The molecule has 0 aliphatic heterocycles. The normalized spacial score (nSPS) is 11.9. The molecule has 0 saturated heterocycles. The van der Waals surface area contributed by atoms with E-state index in [4.69, 9.17) is 9.47 Å². The Bertz CT molecular complexity index is 395. The molecule has 17 heavy (non-hydrogen) atoms. The fourth-order valence-corrected chi connectivity index (χ4v) is 1.47. The van der Waals surface area contributed by atoms with Gasteiger partial charge in [0, 0.05) is 13.2 Å². The number of nitrogens with zero attached hydrogens (tertiary/aromatic N) is 1. The summed E-state index contributed by atoms with van der Waals surface area (Å²) in [5.41, 5.74) is 0.452. The number of methoxy groups -OCH3 is 2. The van der Waals surface area contributed by atoms with Crippen LogP contribution in [0, 0.1) is 10.1 Å². The molecule has 6 nitrogen and oxygen atoms in total. The first-order chi connectivity index (χ1) is 8.08. The van der Waals surface area contributed by atoms with Crippen molar-refractivity contribution in [2.45, 2.75) is 13.0 Å². The van der Waals surface area contributed by atoms with Crippen molar-refractivity contribution in [1.29, 1.82) is 0 Å². The standard InChI is InChI=1S/C11H16N2O4/c1-8(7-16-2)12-10-5-4-9(17-3)6-11(10)13(14)15/h4-6,8,12H,7H2,1-3H3. The van der Waals surface area contributed by atoms with Crippen molar-refractivity contribution in [2.75, 3.05) is 26.1 Å². The molecule has 0 fully saturated rings. The zero-order chi connectivity index (χ0) is 12.8. The fraction of sp³-hybridized carbons (Fsp3) is 0.455. The number of nitro groups is 1. The van der Waals surface area contributed by atoms with E-state index < -0.39 is 4.92 Å². The number of benzene rings is 1. The second kappa shape index (κ2) is 6.05. The zero-order valence-corrected chi connectivity index (χ0v) is 10.1. The molecule has 0 aromatic heterocycles. The fourth-order valence-electron chi connectivity index (χ4n) is 1.47. The van der Waals surface area contributed by atoms with Gasteiger partial charge >= 0.3 is 0 Å². The Morgan fingerprint density at radius 1 is 1.47 bits per heavy atom. The van der Waals surface area contributed by atoms with Crippen LogP contribution in [0.25, 0.3) is 0 Å². The highest BCUT2D eigenvalue weighted by molar-refractivity contribution is 5.64. The molecule has 0 bridgehead atoms. The Morgan fingerprint density at radius 3 is 2.71 bits per heavy atom. The molecule has 0 saturated carbocycles. The molecule has 1 N–H and O–H groups in total. The highest BCUT2D eigenvalue weighted by Crippen LogP contribution is 2.29. The van der Waals surface area contributed by atoms with Crippen LogP contribution in [0.5, 0.6) is 5.75 Å². The first kappa shape index (κ1) is 13.2. The van der Waals surface area contributed by atoms with Gasteiger partial charge in [0.1, 0.15) is 11.4 Å². The molecule has 94 valence electrons. The lowest BCUT2D eigenvalue weighted by Crippen LogP contribution is -2.21. The smallest absolute Gasteiger partial charge is 0.296 e. The maximum Gasteiger partial charge on any atom is 0.296 e. The molecular weight excluding hydrogens is 224 g/mol. The van der Waals surface area contributed by atoms with Gasteiger partial charge in [0.15, 0.2) is 0 Å². The molecule has 1 aromatic rings. The molecule has 6 heteroatoms. The van der Waals surface area contributed by atoms with Gasteiger partial charge < -0.3 is 14.8 Å². The van der Waals surface area contributed by atoms with Gasteiger partial charge in [-0.05, 0) is 19.1 Å². The zero-order valence-electron chi connectivity index (χ0n) is 10.1. The minimum atomic E-state index is -0.440. The van der Waals surface area contributed by atoms with Gasteiger partial charge in [0.05, 0.1) is 24.7 Å². The van der Waals surface area contributed by atoms with Crippen LogP contribution < -0.4 is 10.1 Å². The number of nitrogens with one attached hydrogen (secondary N) is 1. The first-order valence-corrected chi connectivity index (χ1v) is 5.16. The van der Waals surface area contributed by atoms with Crippen molar-refractivity contribution in [3.8, 4) is 5.75 Å². The number of ether oxygens (including phenoxy) is 2. The second-order valence-corrected chi connectivity index (χ2v) is 3.64. The third kappa shape index (κ3) is 3.60. The predicted octanol–water partition coefficient (Wildman–Crippen LogP) is 2.05. The van der Waals surface area contributed by atoms with E-state index in [9.17, 15) is 10.1 Å². The van der Waals surface area contributed by atoms with Crippen LogP contribution in [-0.2, 0) is 4.74 Å². The predicted molar refractivity (Wildman–Crippen MR) is 64.6 cm³/mol. The molecule has 0 radical (unpaired) electrons. The van der Waals surface area contributed by atoms with Crippen LogP contribution in [0.2, 0.25) is 0 Å². The highest BCUT2D eigenvalue weighted by Gasteiger charge is 2.16. The molecule has 0 amide bonds. The Kier molecular flexibility index (Phi) is 4.71. The van der Waals surface area contributed by atoms with E-state index in [1.807, 2.05) is 6.92 Å². The van der Waals surface area contributed by atoms with Gasteiger partial charge in [0.25, 0.3) is 5.69 Å². The Morgan fingerprint density at radius 2 is 2.18 bits per heavy atom. The minimum Gasteiger partial charge on any atom is -0.496 e. The molecule has 0 aliphatic rings. The summed E-state index contributed by atoms with van der Waals surface area (Å²) in [7, 11) is 3.06. The Balaban J connectivity index is 2.94. The number of hydrogen-bond acceptors (Lipinski definition) is 5. The van der Waals surface area contributed by atoms with E-state index in [2.05, 4.69) is 5.32 Å². The molecule has 0 heterocycles. The quantitative estimate of drug-likeness (QED) is 0.608. The van der Waals surface area contributed by atoms with Gasteiger partial charge in [-0.3, -0.25) is 10.1 Å². The van der Waals surface area contributed by atoms with Crippen molar-refractivity contribution in [2.24, 2.45) is 0 Å². The van der Waals surface area contributed by atoms with Crippen LogP contribution in [0.1, 0.15) is 6.92 Å². The largest absolute Gasteiger partial charge is 0.496 e. The van der Waals surface area contributed by atoms with Crippen LogP contribution >= 0.6 is 0 Å². The van der Waals surface area contributed by atoms with Crippen LogP contribution in [-0.4, -0.2) is 31.8 Å². The summed E-state index contributed by atoms with van der Waals surface area (Å²) < 4.78 is 9.92. The van der Waals surface area contributed by atoms with E-state index in [0.717, 1.165) is 0 Å². The maximum absolute atomic E-state index is 10.9. The molecular formula is C11H16N2O4. The van der Waals surface area contributed by atoms with Crippen molar-refractivity contribution < 1.29 is 14.4 Å². The van der Waals surface area contributed by atoms with Gasteiger partial charge in [-0.2, -0.15) is 0 Å². The summed E-state index contributed by atoms with van der Waals surface area (Å²) in [6, 6.07) is 4.69. The molecule has 1 rings (SSSR count). The number of hydrogen-bond donors (Lipinski definition) is 1. The molecule has 1 aromatic carbocycles. The molecule has 1 unspecified atom stereocenters. The van der Waals surface area contributed by atoms with Gasteiger partial charge in [0.2, 0.25) is 0 Å². The van der Waals surface area contributed by atoms with Crippen LogP contribution in [0.3, 0.4) is 0 Å². The summed E-state index contributed by atoms with van der Waals surface area (Å²) in [4.78, 5) is 10.5. The van der Waals surface area contributed by atoms with Crippen LogP contribution in [0.15, 0.2) is 18.2 Å². The monoisotopic (exact) mass is 240 g/mol. The van der Waals surface area contributed by atoms with E-state index in [0.29, 0.717) is 18.0 Å².